The third-order valence-electron chi connectivity index (χ3n) is 2.98. The van der Waals surface area contributed by atoms with Gasteiger partial charge in [0.15, 0.2) is 0 Å². The Bertz CT molecular complexity index is 649. The lowest BCUT2D eigenvalue weighted by molar-refractivity contribution is 0.524. The van der Waals surface area contributed by atoms with Crippen molar-refractivity contribution >= 4 is 11.3 Å². The number of thiophene rings is 1. The van der Waals surface area contributed by atoms with E-state index in [1.165, 1.54) is 4.88 Å². The van der Waals surface area contributed by atoms with Gasteiger partial charge in [-0.25, -0.2) is 4.98 Å². The molecule has 19 heavy (non-hydrogen) atoms. The van der Waals surface area contributed by atoms with Crippen LogP contribution in [0.15, 0.2) is 42.2 Å². The second-order valence-corrected chi connectivity index (χ2v) is 5.68. The van der Waals surface area contributed by atoms with Gasteiger partial charge in [0.2, 0.25) is 0 Å². The van der Waals surface area contributed by atoms with Gasteiger partial charge in [0.05, 0.1) is 17.1 Å². The Hall–Kier alpha value is -1.88. The monoisotopic (exact) mass is 272 g/mol. The van der Waals surface area contributed by atoms with Crippen LogP contribution < -0.4 is 0 Å². The van der Waals surface area contributed by atoms with E-state index in [9.17, 15) is 0 Å². The molecule has 0 amide bonds. The third kappa shape index (κ3) is 2.46. The quantitative estimate of drug-likeness (QED) is 0.729. The van der Waals surface area contributed by atoms with Crippen LogP contribution in [0, 0.1) is 0 Å². The molecule has 0 N–H and O–H groups in total. The molecule has 0 aliphatic rings. The highest BCUT2D eigenvalue weighted by Crippen LogP contribution is 2.23. The van der Waals surface area contributed by atoms with Crippen LogP contribution in [0.2, 0.25) is 0 Å². The zero-order valence-corrected chi connectivity index (χ0v) is 11.8. The minimum atomic E-state index is 0.397. The molecule has 0 fully saturated rings. The summed E-state index contributed by atoms with van der Waals surface area (Å²) in [6.07, 6.45) is 5.87. The summed E-state index contributed by atoms with van der Waals surface area (Å²) in [5.74, 6) is 1.01. The first-order valence-corrected chi connectivity index (χ1v) is 7.21. The summed E-state index contributed by atoms with van der Waals surface area (Å²) in [5.41, 5.74) is 1.06. The number of hydrogen-bond donors (Lipinski definition) is 0. The highest BCUT2D eigenvalue weighted by Gasteiger charge is 2.09. The molecule has 5 heteroatoms. The van der Waals surface area contributed by atoms with Gasteiger partial charge < -0.3 is 4.57 Å². The molecule has 0 aliphatic heterocycles. The van der Waals surface area contributed by atoms with Gasteiger partial charge in [0, 0.05) is 24.6 Å². The molecule has 3 aromatic rings. The van der Waals surface area contributed by atoms with Crippen LogP contribution in [-0.2, 0) is 6.54 Å². The fourth-order valence-electron chi connectivity index (χ4n) is 1.99. The predicted molar refractivity (Wildman–Crippen MR) is 77.3 cm³/mol. The van der Waals surface area contributed by atoms with Gasteiger partial charge in [0.25, 0.3) is 0 Å². The van der Waals surface area contributed by atoms with E-state index in [2.05, 4.69) is 46.0 Å². The van der Waals surface area contributed by atoms with Crippen LogP contribution in [0.1, 0.15) is 25.6 Å². The van der Waals surface area contributed by atoms with Crippen molar-refractivity contribution in [1.29, 1.82) is 0 Å². The molecule has 3 rings (SSSR count). The topological polar surface area (TPSA) is 35.6 Å². The van der Waals surface area contributed by atoms with Crippen molar-refractivity contribution in [2.24, 2.45) is 0 Å². The summed E-state index contributed by atoms with van der Waals surface area (Å²) in [4.78, 5) is 5.62. The SMILES string of the molecule is CC(C)n1ccc(Cn2ccnc2-c2cccs2)n1. The Morgan fingerprint density at radius 3 is 2.84 bits per heavy atom. The molecule has 4 nitrogen and oxygen atoms in total. The van der Waals surface area contributed by atoms with Gasteiger partial charge in [0.1, 0.15) is 5.82 Å². The van der Waals surface area contributed by atoms with Crippen molar-refractivity contribution in [3.05, 3.63) is 47.9 Å². The zero-order valence-electron chi connectivity index (χ0n) is 11.0. The Labute approximate surface area is 116 Å². The third-order valence-corrected chi connectivity index (χ3v) is 3.85. The largest absolute Gasteiger partial charge is 0.324 e. The minimum Gasteiger partial charge on any atom is -0.324 e. The number of imidazole rings is 1. The smallest absolute Gasteiger partial charge is 0.150 e. The summed E-state index contributed by atoms with van der Waals surface area (Å²) >= 11 is 1.71. The minimum absolute atomic E-state index is 0.397. The number of rotatable bonds is 4. The Morgan fingerprint density at radius 2 is 2.16 bits per heavy atom. The van der Waals surface area contributed by atoms with Gasteiger partial charge >= 0.3 is 0 Å². The molecule has 0 radical (unpaired) electrons. The molecule has 0 spiro atoms. The summed E-state index contributed by atoms with van der Waals surface area (Å²) in [6.45, 7) is 5.02. The lowest BCUT2D eigenvalue weighted by Gasteiger charge is -2.06. The Morgan fingerprint density at radius 1 is 1.26 bits per heavy atom. The van der Waals surface area contributed by atoms with E-state index in [0.717, 1.165) is 18.1 Å². The van der Waals surface area contributed by atoms with Crippen molar-refractivity contribution in [2.45, 2.75) is 26.4 Å². The number of aromatic nitrogens is 4. The van der Waals surface area contributed by atoms with E-state index in [1.54, 1.807) is 11.3 Å². The second kappa shape index (κ2) is 5.01. The maximum Gasteiger partial charge on any atom is 0.150 e. The van der Waals surface area contributed by atoms with Crippen molar-refractivity contribution in [1.82, 2.24) is 19.3 Å². The number of hydrogen-bond acceptors (Lipinski definition) is 3. The summed E-state index contributed by atoms with van der Waals surface area (Å²) in [5, 5.41) is 6.65. The lowest BCUT2D eigenvalue weighted by Crippen LogP contribution is -2.05. The fraction of sp³-hybridized carbons (Fsp3) is 0.286. The average Bonchev–Trinajstić information content (AvgIpc) is 3.09. The normalized spacial score (nSPS) is 11.3. The van der Waals surface area contributed by atoms with Gasteiger partial charge in [-0.1, -0.05) is 6.07 Å². The molecule has 3 heterocycles. The molecule has 0 saturated carbocycles. The highest BCUT2D eigenvalue weighted by molar-refractivity contribution is 7.13. The van der Waals surface area contributed by atoms with E-state index in [4.69, 9.17) is 0 Å². The summed E-state index contributed by atoms with van der Waals surface area (Å²) in [7, 11) is 0. The molecule has 0 atom stereocenters. The number of nitrogens with zero attached hydrogens (tertiary/aromatic N) is 4. The lowest BCUT2D eigenvalue weighted by atomic mass is 10.4. The second-order valence-electron chi connectivity index (χ2n) is 4.74. The van der Waals surface area contributed by atoms with Crippen molar-refractivity contribution in [3.8, 4) is 10.7 Å². The van der Waals surface area contributed by atoms with Crippen LogP contribution >= 0.6 is 11.3 Å². The molecule has 0 saturated heterocycles. The van der Waals surface area contributed by atoms with Gasteiger partial charge in [-0.15, -0.1) is 11.3 Å². The van der Waals surface area contributed by atoms with Crippen LogP contribution in [-0.4, -0.2) is 19.3 Å². The molecule has 0 aromatic carbocycles. The van der Waals surface area contributed by atoms with E-state index in [-0.39, 0.29) is 0 Å². The predicted octanol–water partition coefficient (Wildman–Crippen LogP) is 3.44. The first-order valence-electron chi connectivity index (χ1n) is 6.33. The molecule has 0 aliphatic carbocycles. The molecule has 98 valence electrons. The standard InChI is InChI=1S/C14H16N4S/c1-11(2)18-7-5-12(16-18)10-17-8-6-15-14(17)13-4-3-9-19-13/h3-9,11H,10H2,1-2H3. The first kappa shape index (κ1) is 12.2. The van der Waals surface area contributed by atoms with E-state index < -0.39 is 0 Å². The van der Waals surface area contributed by atoms with Crippen LogP contribution in [0.4, 0.5) is 0 Å². The van der Waals surface area contributed by atoms with Crippen molar-refractivity contribution < 1.29 is 0 Å². The zero-order chi connectivity index (χ0) is 13.2. The fourth-order valence-corrected chi connectivity index (χ4v) is 2.73. The molecule has 0 bridgehead atoms. The first-order chi connectivity index (χ1) is 9.24. The van der Waals surface area contributed by atoms with Crippen molar-refractivity contribution in [2.75, 3.05) is 0 Å². The maximum absolute atomic E-state index is 4.58. The van der Waals surface area contributed by atoms with Gasteiger partial charge in [-0.3, -0.25) is 4.68 Å². The van der Waals surface area contributed by atoms with Crippen LogP contribution in [0.25, 0.3) is 10.7 Å². The van der Waals surface area contributed by atoms with Crippen LogP contribution in [0.5, 0.6) is 0 Å². The molecule has 3 aromatic heterocycles. The van der Waals surface area contributed by atoms with E-state index in [0.29, 0.717) is 6.04 Å². The highest BCUT2D eigenvalue weighted by atomic mass is 32.1. The summed E-state index contributed by atoms with van der Waals surface area (Å²) in [6, 6.07) is 6.61. The van der Waals surface area contributed by atoms with E-state index >= 15 is 0 Å². The van der Waals surface area contributed by atoms with Crippen molar-refractivity contribution in [3.63, 3.8) is 0 Å². The molecular formula is C14H16N4S. The Balaban J connectivity index is 1.85. The average molecular weight is 272 g/mol. The van der Waals surface area contributed by atoms with E-state index in [1.807, 2.05) is 29.3 Å². The van der Waals surface area contributed by atoms with Gasteiger partial charge in [-0.2, -0.15) is 5.10 Å². The molecule has 0 unspecified atom stereocenters. The summed E-state index contributed by atoms with van der Waals surface area (Å²) < 4.78 is 4.12. The maximum atomic E-state index is 4.58. The van der Waals surface area contributed by atoms with Gasteiger partial charge in [-0.05, 0) is 31.4 Å². The Kier molecular flexibility index (Phi) is 3.21. The molecular weight excluding hydrogens is 256 g/mol. The van der Waals surface area contributed by atoms with Crippen LogP contribution in [0.3, 0.4) is 0 Å².